The average Bonchev–Trinajstić information content (AvgIpc) is 3.18. The summed E-state index contributed by atoms with van der Waals surface area (Å²) in [5.74, 6) is -0.0143. The number of amides is 2. The number of likely N-dealkylation sites (tertiary alicyclic amines) is 1. The second kappa shape index (κ2) is 6.07. The van der Waals surface area contributed by atoms with Gasteiger partial charge in [0, 0.05) is 37.0 Å². The van der Waals surface area contributed by atoms with Gasteiger partial charge in [0.15, 0.2) is 0 Å². The van der Waals surface area contributed by atoms with Crippen LogP contribution in [-0.2, 0) is 17.6 Å². The lowest BCUT2D eigenvalue weighted by Crippen LogP contribution is -2.41. The monoisotopic (exact) mass is 321 g/mol. The standard InChI is InChI=1S/C19H19N3O2/c23-18-11-16(21-19(24)13-5-7-20-8-6-13)12-22(18)17-9-14-3-1-2-4-15(14)10-17/h1-8,16-17H,9-12H2,(H,21,24). The quantitative estimate of drug-likeness (QED) is 0.933. The fraction of sp³-hybridized carbons (Fsp3) is 0.316. The van der Waals surface area contributed by atoms with Crippen LogP contribution in [0.3, 0.4) is 0 Å². The summed E-state index contributed by atoms with van der Waals surface area (Å²) in [7, 11) is 0. The molecule has 1 aliphatic heterocycles. The lowest BCUT2D eigenvalue weighted by molar-refractivity contribution is -0.129. The van der Waals surface area contributed by atoms with Gasteiger partial charge in [-0.15, -0.1) is 0 Å². The van der Waals surface area contributed by atoms with Crippen molar-refractivity contribution in [1.82, 2.24) is 15.2 Å². The molecule has 1 fully saturated rings. The van der Waals surface area contributed by atoms with Crippen LogP contribution in [0.4, 0.5) is 0 Å². The topological polar surface area (TPSA) is 62.3 Å². The molecule has 2 aliphatic rings. The first kappa shape index (κ1) is 14.9. The van der Waals surface area contributed by atoms with E-state index in [-0.39, 0.29) is 23.9 Å². The maximum atomic E-state index is 12.4. The summed E-state index contributed by atoms with van der Waals surface area (Å²) >= 11 is 0. The minimum atomic E-state index is -0.147. The van der Waals surface area contributed by atoms with Crippen LogP contribution >= 0.6 is 0 Å². The molecule has 5 heteroatoms. The number of hydrogen-bond donors (Lipinski definition) is 1. The van der Waals surface area contributed by atoms with Crippen molar-refractivity contribution in [3.05, 3.63) is 65.5 Å². The normalized spacial score (nSPS) is 20.2. The summed E-state index contributed by atoms with van der Waals surface area (Å²) < 4.78 is 0. The Morgan fingerprint density at radius 3 is 2.38 bits per heavy atom. The van der Waals surface area contributed by atoms with Gasteiger partial charge in [0.25, 0.3) is 5.91 Å². The highest BCUT2D eigenvalue weighted by atomic mass is 16.2. The zero-order valence-electron chi connectivity index (χ0n) is 13.3. The van der Waals surface area contributed by atoms with Crippen molar-refractivity contribution < 1.29 is 9.59 Å². The fourth-order valence-corrected chi connectivity index (χ4v) is 3.71. The molecule has 0 radical (unpaired) electrons. The van der Waals surface area contributed by atoms with E-state index in [9.17, 15) is 9.59 Å². The lowest BCUT2D eigenvalue weighted by Gasteiger charge is -2.24. The number of carbonyl (C=O) groups excluding carboxylic acids is 2. The lowest BCUT2D eigenvalue weighted by atomic mass is 10.1. The first-order chi connectivity index (χ1) is 11.7. The Labute approximate surface area is 140 Å². The van der Waals surface area contributed by atoms with Crippen LogP contribution in [0.15, 0.2) is 48.8 Å². The number of rotatable bonds is 3. The second-order valence-corrected chi connectivity index (χ2v) is 6.49. The number of nitrogens with one attached hydrogen (secondary N) is 1. The molecule has 0 spiro atoms. The van der Waals surface area contributed by atoms with E-state index in [1.54, 1.807) is 24.5 Å². The van der Waals surface area contributed by atoms with Crippen molar-refractivity contribution >= 4 is 11.8 Å². The van der Waals surface area contributed by atoms with Gasteiger partial charge in [-0.25, -0.2) is 0 Å². The number of aromatic nitrogens is 1. The van der Waals surface area contributed by atoms with Gasteiger partial charge < -0.3 is 10.2 Å². The Morgan fingerprint density at radius 1 is 1.04 bits per heavy atom. The molecule has 1 N–H and O–H groups in total. The smallest absolute Gasteiger partial charge is 0.251 e. The van der Waals surface area contributed by atoms with Crippen molar-refractivity contribution in [1.29, 1.82) is 0 Å². The number of fused-ring (bicyclic) bond motifs is 1. The fourth-order valence-electron chi connectivity index (χ4n) is 3.71. The highest BCUT2D eigenvalue weighted by Gasteiger charge is 2.37. The molecular formula is C19H19N3O2. The molecule has 5 nitrogen and oxygen atoms in total. The Hall–Kier alpha value is -2.69. The van der Waals surface area contributed by atoms with Crippen LogP contribution in [0.25, 0.3) is 0 Å². The second-order valence-electron chi connectivity index (χ2n) is 6.49. The van der Waals surface area contributed by atoms with E-state index in [2.05, 4.69) is 22.4 Å². The van der Waals surface area contributed by atoms with Gasteiger partial charge in [-0.3, -0.25) is 14.6 Å². The van der Waals surface area contributed by atoms with Crippen LogP contribution in [0, 0.1) is 0 Å². The highest BCUT2D eigenvalue weighted by Crippen LogP contribution is 2.28. The molecule has 1 aromatic heterocycles. The van der Waals surface area contributed by atoms with Crippen LogP contribution < -0.4 is 5.32 Å². The molecule has 2 amide bonds. The highest BCUT2D eigenvalue weighted by molar-refractivity contribution is 5.94. The Kier molecular flexibility index (Phi) is 3.76. The van der Waals surface area contributed by atoms with Crippen molar-refractivity contribution in [3.8, 4) is 0 Å². The predicted octanol–water partition coefficient (Wildman–Crippen LogP) is 1.58. The first-order valence-corrected chi connectivity index (χ1v) is 8.28. The third-order valence-corrected chi connectivity index (χ3v) is 4.91. The van der Waals surface area contributed by atoms with Gasteiger partial charge in [0.05, 0.1) is 6.04 Å². The largest absolute Gasteiger partial charge is 0.347 e. The van der Waals surface area contributed by atoms with E-state index in [4.69, 9.17) is 0 Å². The summed E-state index contributed by atoms with van der Waals surface area (Å²) in [5.41, 5.74) is 3.24. The molecule has 4 rings (SSSR count). The number of benzene rings is 1. The minimum Gasteiger partial charge on any atom is -0.347 e. The molecule has 1 atom stereocenters. The summed E-state index contributed by atoms with van der Waals surface area (Å²) in [5, 5.41) is 2.97. The van der Waals surface area contributed by atoms with Gasteiger partial charge in [-0.1, -0.05) is 24.3 Å². The molecule has 24 heavy (non-hydrogen) atoms. The summed E-state index contributed by atoms with van der Waals surface area (Å²) in [4.78, 5) is 30.5. The zero-order valence-corrected chi connectivity index (χ0v) is 13.3. The third kappa shape index (κ3) is 2.77. The van der Waals surface area contributed by atoms with Crippen LogP contribution in [0.2, 0.25) is 0 Å². The number of carbonyl (C=O) groups is 2. The number of nitrogens with zero attached hydrogens (tertiary/aromatic N) is 2. The van der Waals surface area contributed by atoms with Gasteiger partial charge in [0.2, 0.25) is 5.91 Å². The molecule has 0 saturated carbocycles. The zero-order chi connectivity index (χ0) is 16.5. The molecule has 1 unspecified atom stereocenters. The van der Waals surface area contributed by atoms with Crippen molar-refractivity contribution in [3.63, 3.8) is 0 Å². The van der Waals surface area contributed by atoms with E-state index >= 15 is 0 Å². The van der Waals surface area contributed by atoms with E-state index in [0.717, 1.165) is 12.8 Å². The summed E-state index contributed by atoms with van der Waals surface area (Å²) in [6.07, 6.45) is 5.39. The number of hydrogen-bond acceptors (Lipinski definition) is 3. The van der Waals surface area contributed by atoms with E-state index in [0.29, 0.717) is 18.5 Å². The van der Waals surface area contributed by atoms with Crippen molar-refractivity contribution in [2.45, 2.75) is 31.3 Å². The Bertz CT molecular complexity index is 750. The number of pyridine rings is 1. The molecule has 122 valence electrons. The summed E-state index contributed by atoms with van der Waals surface area (Å²) in [6.45, 7) is 0.592. The maximum Gasteiger partial charge on any atom is 0.251 e. The van der Waals surface area contributed by atoms with Gasteiger partial charge >= 0.3 is 0 Å². The average molecular weight is 321 g/mol. The SMILES string of the molecule is O=C(NC1CC(=O)N(C2Cc3ccccc3C2)C1)c1ccncc1. The Morgan fingerprint density at radius 2 is 1.71 bits per heavy atom. The van der Waals surface area contributed by atoms with Crippen LogP contribution in [-0.4, -0.2) is 40.3 Å². The maximum absolute atomic E-state index is 12.4. The Balaban J connectivity index is 1.40. The van der Waals surface area contributed by atoms with E-state index in [1.807, 2.05) is 17.0 Å². The minimum absolute atomic E-state index is 0.123. The molecule has 2 aromatic rings. The van der Waals surface area contributed by atoms with Gasteiger partial charge in [0.1, 0.15) is 0 Å². The van der Waals surface area contributed by atoms with Crippen molar-refractivity contribution in [2.75, 3.05) is 6.54 Å². The molecule has 0 bridgehead atoms. The van der Waals surface area contributed by atoms with E-state index < -0.39 is 0 Å². The van der Waals surface area contributed by atoms with E-state index in [1.165, 1.54) is 11.1 Å². The predicted molar refractivity (Wildman–Crippen MR) is 89.5 cm³/mol. The molecule has 1 aliphatic carbocycles. The molecule has 1 saturated heterocycles. The van der Waals surface area contributed by atoms with Crippen LogP contribution in [0.5, 0.6) is 0 Å². The molecule has 1 aromatic carbocycles. The van der Waals surface area contributed by atoms with Gasteiger partial charge in [-0.2, -0.15) is 0 Å². The third-order valence-electron chi connectivity index (χ3n) is 4.91. The molecular weight excluding hydrogens is 302 g/mol. The van der Waals surface area contributed by atoms with Crippen molar-refractivity contribution in [2.24, 2.45) is 0 Å². The first-order valence-electron chi connectivity index (χ1n) is 8.28. The summed E-state index contributed by atoms with van der Waals surface area (Å²) in [6, 6.07) is 11.8. The van der Waals surface area contributed by atoms with Crippen LogP contribution in [0.1, 0.15) is 27.9 Å². The van der Waals surface area contributed by atoms with Gasteiger partial charge in [-0.05, 0) is 36.1 Å². The molecule has 2 heterocycles.